The Labute approximate surface area is 102 Å². The molecule has 2 N–H and O–H groups in total. The van der Waals surface area contributed by atoms with E-state index in [0.717, 1.165) is 18.9 Å². The predicted molar refractivity (Wildman–Crippen MR) is 70.7 cm³/mol. The van der Waals surface area contributed by atoms with Gasteiger partial charge in [-0.15, -0.1) is 11.3 Å². The Balaban J connectivity index is 1.76. The molecule has 1 fully saturated rings. The predicted octanol–water partition coefficient (Wildman–Crippen LogP) is 2.87. The van der Waals surface area contributed by atoms with Crippen LogP contribution < -0.4 is 5.73 Å². The zero-order valence-electron chi connectivity index (χ0n) is 10.2. The molecule has 0 aliphatic heterocycles. The maximum absolute atomic E-state index is 6.12. The first-order chi connectivity index (χ1) is 7.68. The second-order valence-corrected chi connectivity index (χ2v) is 5.94. The lowest BCUT2D eigenvalue weighted by Gasteiger charge is -2.25. The number of nitrogens with zero attached hydrogens (tertiary/aromatic N) is 1. The summed E-state index contributed by atoms with van der Waals surface area (Å²) in [6.07, 6.45) is 3.84. The van der Waals surface area contributed by atoms with E-state index in [0.29, 0.717) is 12.1 Å². The third-order valence-electron chi connectivity index (χ3n) is 3.66. The molecule has 1 aromatic heterocycles. The molecule has 2 rings (SSSR count). The Hall–Kier alpha value is -0.380. The van der Waals surface area contributed by atoms with Crippen molar-refractivity contribution in [3.63, 3.8) is 0 Å². The van der Waals surface area contributed by atoms with E-state index < -0.39 is 0 Å². The van der Waals surface area contributed by atoms with Crippen molar-refractivity contribution in [3.8, 4) is 0 Å². The SMILES string of the molecule is CC(c1cccs1)N(C)CCC(N)C1CC1. The Bertz CT molecular complexity index is 306. The van der Waals surface area contributed by atoms with Crippen molar-refractivity contribution in [2.75, 3.05) is 13.6 Å². The molecular formula is C13H22N2S. The molecular weight excluding hydrogens is 216 g/mol. The molecule has 1 aliphatic carbocycles. The maximum atomic E-state index is 6.12. The van der Waals surface area contributed by atoms with Crippen LogP contribution in [0, 0.1) is 5.92 Å². The van der Waals surface area contributed by atoms with Gasteiger partial charge in [0.25, 0.3) is 0 Å². The molecule has 0 aromatic carbocycles. The van der Waals surface area contributed by atoms with E-state index in [1.54, 1.807) is 0 Å². The van der Waals surface area contributed by atoms with Crippen LogP contribution in [-0.4, -0.2) is 24.5 Å². The van der Waals surface area contributed by atoms with Gasteiger partial charge in [0.2, 0.25) is 0 Å². The first-order valence-electron chi connectivity index (χ1n) is 6.17. The Morgan fingerprint density at radius 3 is 2.88 bits per heavy atom. The number of hydrogen-bond donors (Lipinski definition) is 1. The molecule has 0 spiro atoms. The van der Waals surface area contributed by atoms with E-state index in [4.69, 9.17) is 5.73 Å². The molecule has 2 atom stereocenters. The van der Waals surface area contributed by atoms with Gasteiger partial charge in [-0.25, -0.2) is 0 Å². The molecule has 0 radical (unpaired) electrons. The van der Waals surface area contributed by atoms with Crippen LogP contribution in [0.25, 0.3) is 0 Å². The monoisotopic (exact) mass is 238 g/mol. The van der Waals surface area contributed by atoms with Crippen LogP contribution in [0.15, 0.2) is 17.5 Å². The molecule has 1 aliphatic rings. The highest BCUT2D eigenvalue weighted by Crippen LogP contribution is 2.33. The number of hydrogen-bond acceptors (Lipinski definition) is 3. The van der Waals surface area contributed by atoms with Crippen molar-refractivity contribution in [1.29, 1.82) is 0 Å². The summed E-state index contributed by atoms with van der Waals surface area (Å²) in [6.45, 7) is 3.38. The fourth-order valence-corrected chi connectivity index (χ4v) is 2.90. The van der Waals surface area contributed by atoms with Gasteiger partial charge in [0, 0.05) is 17.0 Å². The summed E-state index contributed by atoms with van der Waals surface area (Å²) >= 11 is 1.84. The number of nitrogens with two attached hydrogens (primary N) is 1. The Kier molecular flexibility index (Phi) is 4.00. The van der Waals surface area contributed by atoms with Crippen LogP contribution in [0.5, 0.6) is 0 Å². The lowest BCUT2D eigenvalue weighted by molar-refractivity contribution is 0.251. The highest BCUT2D eigenvalue weighted by Gasteiger charge is 2.28. The number of thiophene rings is 1. The minimum Gasteiger partial charge on any atom is -0.327 e. The highest BCUT2D eigenvalue weighted by atomic mass is 32.1. The van der Waals surface area contributed by atoms with Crippen LogP contribution >= 0.6 is 11.3 Å². The molecule has 16 heavy (non-hydrogen) atoms. The summed E-state index contributed by atoms with van der Waals surface area (Å²) in [5.74, 6) is 0.824. The van der Waals surface area contributed by atoms with Crippen molar-refractivity contribution < 1.29 is 0 Å². The fourth-order valence-electron chi connectivity index (χ4n) is 2.05. The van der Waals surface area contributed by atoms with Crippen molar-refractivity contribution in [2.45, 2.75) is 38.3 Å². The average Bonchev–Trinajstić information content (AvgIpc) is 3.00. The van der Waals surface area contributed by atoms with Gasteiger partial charge in [0.05, 0.1) is 0 Å². The minimum atomic E-state index is 0.429. The van der Waals surface area contributed by atoms with Crippen molar-refractivity contribution >= 4 is 11.3 Å². The van der Waals surface area contributed by atoms with Gasteiger partial charge in [-0.2, -0.15) is 0 Å². The molecule has 90 valence electrons. The first-order valence-corrected chi connectivity index (χ1v) is 7.05. The largest absolute Gasteiger partial charge is 0.327 e. The fraction of sp³-hybridized carbons (Fsp3) is 0.692. The number of rotatable bonds is 6. The lowest BCUT2D eigenvalue weighted by atomic mass is 10.1. The van der Waals surface area contributed by atoms with E-state index >= 15 is 0 Å². The second-order valence-electron chi connectivity index (χ2n) is 4.96. The Morgan fingerprint density at radius 2 is 2.31 bits per heavy atom. The van der Waals surface area contributed by atoms with E-state index in [2.05, 4.69) is 36.4 Å². The summed E-state index contributed by atoms with van der Waals surface area (Å²) < 4.78 is 0. The molecule has 1 aromatic rings. The van der Waals surface area contributed by atoms with Crippen molar-refractivity contribution in [1.82, 2.24) is 4.90 Å². The molecule has 2 unspecified atom stereocenters. The van der Waals surface area contributed by atoms with Gasteiger partial charge < -0.3 is 5.73 Å². The van der Waals surface area contributed by atoms with Crippen LogP contribution in [0.1, 0.15) is 37.1 Å². The molecule has 0 saturated heterocycles. The quantitative estimate of drug-likeness (QED) is 0.825. The Morgan fingerprint density at radius 1 is 1.56 bits per heavy atom. The average molecular weight is 238 g/mol. The summed E-state index contributed by atoms with van der Waals surface area (Å²) in [7, 11) is 2.20. The lowest BCUT2D eigenvalue weighted by Crippen LogP contribution is -2.30. The third-order valence-corrected chi connectivity index (χ3v) is 4.70. The van der Waals surface area contributed by atoms with Gasteiger partial charge in [0.1, 0.15) is 0 Å². The first kappa shape index (κ1) is 12.1. The van der Waals surface area contributed by atoms with Crippen molar-refractivity contribution in [3.05, 3.63) is 22.4 Å². The molecule has 1 saturated carbocycles. The minimum absolute atomic E-state index is 0.429. The highest BCUT2D eigenvalue weighted by molar-refractivity contribution is 7.10. The molecule has 1 heterocycles. The molecule has 3 heteroatoms. The summed E-state index contributed by atoms with van der Waals surface area (Å²) in [6, 6.07) is 5.29. The molecule has 0 bridgehead atoms. The summed E-state index contributed by atoms with van der Waals surface area (Å²) in [4.78, 5) is 3.86. The normalized spacial score (nSPS) is 20.0. The molecule has 0 amide bonds. The van der Waals surface area contributed by atoms with Gasteiger partial charge in [-0.3, -0.25) is 4.90 Å². The standard InChI is InChI=1S/C13H22N2S/c1-10(13-4-3-9-16-13)15(2)8-7-12(14)11-5-6-11/h3-4,9-12H,5-8,14H2,1-2H3. The smallest absolute Gasteiger partial charge is 0.0410 e. The zero-order chi connectivity index (χ0) is 11.5. The van der Waals surface area contributed by atoms with Gasteiger partial charge in [-0.1, -0.05) is 6.07 Å². The van der Waals surface area contributed by atoms with Gasteiger partial charge in [-0.05, 0) is 57.1 Å². The maximum Gasteiger partial charge on any atom is 0.0410 e. The van der Waals surface area contributed by atoms with Crippen LogP contribution in [-0.2, 0) is 0 Å². The van der Waals surface area contributed by atoms with Crippen molar-refractivity contribution in [2.24, 2.45) is 11.7 Å². The summed E-state index contributed by atoms with van der Waals surface area (Å²) in [5.41, 5.74) is 6.12. The summed E-state index contributed by atoms with van der Waals surface area (Å²) in [5, 5.41) is 2.15. The van der Waals surface area contributed by atoms with Gasteiger partial charge >= 0.3 is 0 Å². The topological polar surface area (TPSA) is 29.3 Å². The van der Waals surface area contributed by atoms with Crippen LogP contribution in [0.2, 0.25) is 0 Å². The second kappa shape index (κ2) is 5.30. The van der Waals surface area contributed by atoms with E-state index in [-0.39, 0.29) is 0 Å². The van der Waals surface area contributed by atoms with E-state index in [1.807, 2.05) is 11.3 Å². The van der Waals surface area contributed by atoms with E-state index in [9.17, 15) is 0 Å². The van der Waals surface area contributed by atoms with E-state index in [1.165, 1.54) is 17.7 Å². The van der Waals surface area contributed by atoms with Crippen LogP contribution in [0.4, 0.5) is 0 Å². The van der Waals surface area contributed by atoms with Crippen LogP contribution in [0.3, 0.4) is 0 Å². The third kappa shape index (κ3) is 3.06. The van der Waals surface area contributed by atoms with Gasteiger partial charge in [0.15, 0.2) is 0 Å². The molecule has 2 nitrogen and oxygen atoms in total. The zero-order valence-corrected chi connectivity index (χ0v) is 11.0.